The highest BCUT2D eigenvalue weighted by Gasteiger charge is 2.16. The summed E-state index contributed by atoms with van der Waals surface area (Å²) in [6.45, 7) is 4.76. The molecule has 0 saturated heterocycles. The van der Waals surface area contributed by atoms with E-state index >= 15 is 0 Å². The SMILES string of the molecule is Cc1nn(CCCNC(=O)CCn2nc([N+](=O)[O-])cc2C)c(Cl)c1Cl. The largest absolute Gasteiger partial charge is 0.390 e. The maximum Gasteiger partial charge on any atom is 0.390 e. The van der Waals surface area contributed by atoms with E-state index in [0.717, 1.165) is 0 Å². The van der Waals surface area contributed by atoms with E-state index in [1.165, 1.54) is 10.7 Å². The van der Waals surface area contributed by atoms with Crippen LogP contribution in [0.2, 0.25) is 10.2 Å². The summed E-state index contributed by atoms with van der Waals surface area (Å²) in [7, 11) is 0. The van der Waals surface area contributed by atoms with E-state index in [1.807, 2.05) is 0 Å². The summed E-state index contributed by atoms with van der Waals surface area (Å²) in [6.07, 6.45) is 0.836. The molecule has 1 amide bonds. The van der Waals surface area contributed by atoms with E-state index in [4.69, 9.17) is 23.2 Å². The number of hydrogen-bond acceptors (Lipinski definition) is 5. The van der Waals surface area contributed by atoms with Crippen LogP contribution in [0.4, 0.5) is 5.82 Å². The molecule has 0 aliphatic carbocycles. The van der Waals surface area contributed by atoms with E-state index in [2.05, 4.69) is 15.5 Å². The third kappa shape index (κ3) is 4.93. The Morgan fingerprint density at radius 1 is 1.28 bits per heavy atom. The predicted octanol–water partition coefficient (Wildman–Crippen LogP) is 2.51. The van der Waals surface area contributed by atoms with Gasteiger partial charge in [-0.05, 0) is 25.2 Å². The van der Waals surface area contributed by atoms with Crippen LogP contribution in [0, 0.1) is 24.0 Å². The molecule has 1 N–H and O–H groups in total. The Morgan fingerprint density at radius 3 is 2.56 bits per heavy atom. The molecule has 2 heterocycles. The highest BCUT2D eigenvalue weighted by Crippen LogP contribution is 2.24. The van der Waals surface area contributed by atoms with Crippen molar-refractivity contribution in [1.82, 2.24) is 24.9 Å². The number of halogens is 2. The molecule has 0 saturated carbocycles. The van der Waals surface area contributed by atoms with Crippen LogP contribution < -0.4 is 5.32 Å². The minimum Gasteiger partial charge on any atom is -0.358 e. The van der Waals surface area contributed by atoms with Gasteiger partial charge in [-0.25, -0.2) is 0 Å². The zero-order valence-electron chi connectivity index (χ0n) is 13.8. The number of nitro groups is 1. The number of carbonyl (C=O) groups is 1. The quantitative estimate of drug-likeness (QED) is 0.424. The highest BCUT2D eigenvalue weighted by molar-refractivity contribution is 6.41. The summed E-state index contributed by atoms with van der Waals surface area (Å²) in [6, 6.07) is 1.37. The number of hydrogen-bond donors (Lipinski definition) is 1. The molecule has 2 rings (SSSR count). The van der Waals surface area contributed by atoms with Gasteiger partial charge in [-0.3, -0.25) is 9.48 Å². The van der Waals surface area contributed by atoms with Crippen molar-refractivity contribution in [3.8, 4) is 0 Å². The summed E-state index contributed by atoms with van der Waals surface area (Å²) in [5.74, 6) is -0.374. The predicted molar refractivity (Wildman–Crippen MR) is 92.8 cm³/mol. The smallest absolute Gasteiger partial charge is 0.358 e. The fourth-order valence-corrected chi connectivity index (χ4v) is 2.63. The van der Waals surface area contributed by atoms with Crippen molar-refractivity contribution in [1.29, 1.82) is 0 Å². The van der Waals surface area contributed by atoms with E-state index in [0.29, 0.717) is 41.1 Å². The Bertz CT molecular complexity index is 786. The van der Waals surface area contributed by atoms with Crippen LogP contribution >= 0.6 is 23.2 Å². The molecule has 0 unspecified atom stereocenters. The number of aryl methyl sites for hydroxylation is 4. The van der Waals surface area contributed by atoms with Crippen molar-refractivity contribution >= 4 is 34.9 Å². The molecule has 0 radical (unpaired) electrons. The van der Waals surface area contributed by atoms with Crippen LogP contribution in [-0.2, 0) is 17.9 Å². The van der Waals surface area contributed by atoms with Crippen LogP contribution in [0.25, 0.3) is 0 Å². The lowest BCUT2D eigenvalue weighted by atomic mass is 10.3. The molecule has 136 valence electrons. The third-order valence-electron chi connectivity index (χ3n) is 3.57. The summed E-state index contributed by atoms with van der Waals surface area (Å²) >= 11 is 12.0. The molecule has 2 aromatic rings. The van der Waals surface area contributed by atoms with Crippen molar-refractivity contribution in [3.63, 3.8) is 0 Å². The molecule has 0 atom stereocenters. The second-order valence-electron chi connectivity index (χ2n) is 5.49. The van der Waals surface area contributed by atoms with Crippen LogP contribution in [0.1, 0.15) is 24.2 Å². The molecule has 0 aromatic carbocycles. The topological polar surface area (TPSA) is 108 Å². The molecule has 0 aliphatic rings. The van der Waals surface area contributed by atoms with Crippen molar-refractivity contribution in [2.45, 2.75) is 39.8 Å². The Balaban J connectivity index is 1.72. The molecule has 0 aliphatic heterocycles. The monoisotopic (exact) mass is 388 g/mol. The van der Waals surface area contributed by atoms with Gasteiger partial charge in [0.05, 0.1) is 29.1 Å². The second kappa shape index (κ2) is 8.30. The molecular formula is C14H18Cl2N6O3. The number of aromatic nitrogens is 4. The summed E-state index contributed by atoms with van der Waals surface area (Å²) in [4.78, 5) is 22.0. The molecule has 0 fully saturated rings. The zero-order valence-corrected chi connectivity index (χ0v) is 15.3. The summed E-state index contributed by atoms with van der Waals surface area (Å²) in [5.41, 5.74) is 1.31. The van der Waals surface area contributed by atoms with E-state index < -0.39 is 4.92 Å². The van der Waals surface area contributed by atoms with Gasteiger partial charge < -0.3 is 15.4 Å². The van der Waals surface area contributed by atoms with Crippen LogP contribution in [-0.4, -0.2) is 36.9 Å². The molecule has 2 aromatic heterocycles. The maximum atomic E-state index is 11.8. The lowest BCUT2D eigenvalue weighted by Gasteiger charge is -2.06. The van der Waals surface area contributed by atoms with Gasteiger partial charge in [-0.1, -0.05) is 23.2 Å². The fourth-order valence-electron chi connectivity index (χ4n) is 2.24. The van der Waals surface area contributed by atoms with Crippen molar-refractivity contribution in [2.24, 2.45) is 0 Å². The second-order valence-corrected chi connectivity index (χ2v) is 6.23. The zero-order chi connectivity index (χ0) is 18.6. The van der Waals surface area contributed by atoms with Gasteiger partial charge in [0.1, 0.15) is 10.2 Å². The Hall–Kier alpha value is -2.13. The van der Waals surface area contributed by atoms with Gasteiger partial charge in [0.25, 0.3) is 0 Å². The fraction of sp³-hybridized carbons (Fsp3) is 0.500. The Morgan fingerprint density at radius 2 is 2.00 bits per heavy atom. The normalized spacial score (nSPS) is 10.9. The highest BCUT2D eigenvalue weighted by atomic mass is 35.5. The van der Waals surface area contributed by atoms with E-state index in [-0.39, 0.29) is 24.7 Å². The first-order chi connectivity index (χ1) is 11.8. The van der Waals surface area contributed by atoms with Crippen LogP contribution in [0.3, 0.4) is 0 Å². The third-order valence-corrected chi connectivity index (χ3v) is 4.50. The number of amides is 1. The molecular weight excluding hydrogens is 371 g/mol. The standard InChI is InChI=1S/C14H18Cl2N6O3/c1-9-8-11(22(24)25)19-20(9)7-4-12(23)17-5-3-6-21-14(16)13(15)10(2)18-21/h8H,3-7H2,1-2H3,(H,17,23). The number of rotatable bonds is 8. The first kappa shape index (κ1) is 19.2. The van der Waals surface area contributed by atoms with Gasteiger partial charge in [0.15, 0.2) is 0 Å². The first-order valence-electron chi connectivity index (χ1n) is 7.63. The summed E-state index contributed by atoms with van der Waals surface area (Å²) in [5, 5.41) is 22.3. The molecule has 11 heteroatoms. The number of nitrogens with one attached hydrogen (secondary N) is 1. The number of nitrogens with zero attached hydrogens (tertiary/aromatic N) is 5. The Kier molecular flexibility index (Phi) is 6.38. The van der Waals surface area contributed by atoms with Gasteiger partial charge >= 0.3 is 5.82 Å². The van der Waals surface area contributed by atoms with Crippen molar-refractivity contribution in [2.75, 3.05) is 6.54 Å². The lowest BCUT2D eigenvalue weighted by Crippen LogP contribution is -2.26. The lowest BCUT2D eigenvalue weighted by molar-refractivity contribution is -0.389. The van der Waals surface area contributed by atoms with Gasteiger partial charge in [0, 0.05) is 19.5 Å². The Labute approximate surface area is 154 Å². The van der Waals surface area contributed by atoms with E-state index in [1.54, 1.807) is 18.5 Å². The molecule has 25 heavy (non-hydrogen) atoms. The van der Waals surface area contributed by atoms with E-state index in [9.17, 15) is 14.9 Å². The van der Waals surface area contributed by atoms with Crippen molar-refractivity contribution < 1.29 is 9.72 Å². The van der Waals surface area contributed by atoms with Crippen molar-refractivity contribution in [3.05, 3.63) is 37.7 Å². The first-order valence-corrected chi connectivity index (χ1v) is 8.39. The molecule has 9 nitrogen and oxygen atoms in total. The van der Waals surface area contributed by atoms with Crippen LogP contribution in [0.5, 0.6) is 0 Å². The van der Waals surface area contributed by atoms with Gasteiger partial charge in [-0.15, -0.1) is 0 Å². The van der Waals surface area contributed by atoms with Gasteiger partial charge in [-0.2, -0.15) is 9.78 Å². The minimum absolute atomic E-state index is 0.154. The molecule has 0 bridgehead atoms. The maximum absolute atomic E-state index is 11.8. The molecule has 0 spiro atoms. The summed E-state index contributed by atoms with van der Waals surface area (Å²) < 4.78 is 3.05. The van der Waals surface area contributed by atoms with Crippen LogP contribution in [0.15, 0.2) is 6.07 Å². The average molecular weight is 389 g/mol. The van der Waals surface area contributed by atoms with Gasteiger partial charge in [0.2, 0.25) is 5.91 Å². The minimum atomic E-state index is -0.558. The number of carbonyl (C=O) groups excluding carboxylic acids is 1. The average Bonchev–Trinajstić information content (AvgIpc) is 3.05.